The predicted octanol–water partition coefficient (Wildman–Crippen LogP) is 7.96. The molecule has 0 aliphatic heterocycles. The van der Waals surface area contributed by atoms with Crippen LogP contribution >= 0.6 is 0 Å². The molecule has 0 aromatic heterocycles. The molecular formula is C34H28NiO2. The van der Waals surface area contributed by atoms with Gasteiger partial charge in [-0.15, -0.1) is 0 Å². The van der Waals surface area contributed by atoms with Crippen molar-refractivity contribution in [2.24, 2.45) is 0 Å². The molecule has 3 heteroatoms. The first-order chi connectivity index (χ1) is 17.7. The number of hydrogen-bond donors (Lipinski definition) is 0. The Labute approximate surface area is 229 Å². The van der Waals surface area contributed by atoms with Crippen LogP contribution in [0.25, 0.3) is 24.3 Å². The number of ketones is 2. The zero-order valence-corrected chi connectivity index (χ0v) is 21.3. The van der Waals surface area contributed by atoms with E-state index in [1.807, 2.05) is 146 Å². The molecule has 0 saturated heterocycles. The maximum absolute atomic E-state index is 11.6. The second-order valence-electron chi connectivity index (χ2n) is 7.78. The van der Waals surface area contributed by atoms with Gasteiger partial charge in [0.1, 0.15) is 0 Å². The molecule has 2 nitrogen and oxygen atoms in total. The Morgan fingerprint density at radius 1 is 0.351 bits per heavy atom. The van der Waals surface area contributed by atoms with Crippen LogP contribution in [0.5, 0.6) is 0 Å². The monoisotopic (exact) mass is 526 g/mol. The Hall–Kier alpha value is -4.33. The molecule has 0 aliphatic carbocycles. The van der Waals surface area contributed by atoms with Gasteiger partial charge in [-0.25, -0.2) is 0 Å². The first-order valence-electron chi connectivity index (χ1n) is 11.7. The summed E-state index contributed by atoms with van der Waals surface area (Å²) in [6.45, 7) is 0. The van der Waals surface area contributed by atoms with Crippen molar-refractivity contribution in [3.63, 3.8) is 0 Å². The molecule has 0 spiro atoms. The van der Waals surface area contributed by atoms with Gasteiger partial charge in [0.2, 0.25) is 0 Å². The standard InChI is InChI=1S/2C17H14O.Ni/c2*18-17(13-11-15-7-3-1-4-8-15)14-12-16-9-5-2-6-10-16;/h2*1-14H;. The van der Waals surface area contributed by atoms with E-state index in [-0.39, 0.29) is 28.1 Å². The zero-order valence-electron chi connectivity index (χ0n) is 20.3. The molecule has 0 fully saturated rings. The largest absolute Gasteiger partial charge is 0.290 e. The fraction of sp³-hybridized carbons (Fsp3) is 0. The van der Waals surface area contributed by atoms with Gasteiger partial charge < -0.3 is 0 Å². The van der Waals surface area contributed by atoms with Crippen LogP contribution in [0.15, 0.2) is 146 Å². The molecule has 0 heterocycles. The third-order valence-electron chi connectivity index (χ3n) is 4.96. The van der Waals surface area contributed by atoms with Gasteiger partial charge in [-0.2, -0.15) is 0 Å². The minimum atomic E-state index is -0.0114. The van der Waals surface area contributed by atoms with Gasteiger partial charge in [0.15, 0.2) is 11.6 Å². The summed E-state index contributed by atoms with van der Waals surface area (Å²) in [4.78, 5) is 23.2. The molecular weight excluding hydrogens is 499 g/mol. The molecule has 4 aromatic carbocycles. The molecule has 186 valence electrons. The minimum absolute atomic E-state index is 0. The Kier molecular flexibility index (Phi) is 13.4. The van der Waals surface area contributed by atoms with Gasteiger partial charge >= 0.3 is 0 Å². The molecule has 0 unspecified atom stereocenters. The number of allylic oxidation sites excluding steroid dienone is 4. The molecule has 4 aromatic rings. The zero-order chi connectivity index (χ0) is 25.3. The van der Waals surface area contributed by atoms with Crippen LogP contribution in [0, 0.1) is 0 Å². The van der Waals surface area contributed by atoms with Crippen LogP contribution in [0.2, 0.25) is 0 Å². The minimum Gasteiger partial charge on any atom is -0.290 e. The van der Waals surface area contributed by atoms with Crippen LogP contribution < -0.4 is 0 Å². The predicted molar refractivity (Wildman–Crippen MR) is 152 cm³/mol. The maximum atomic E-state index is 11.6. The maximum Gasteiger partial charge on any atom is 0.178 e. The van der Waals surface area contributed by atoms with E-state index in [9.17, 15) is 9.59 Å². The summed E-state index contributed by atoms with van der Waals surface area (Å²) in [6, 6.07) is 39.1. The van der Waals surface area contributed by atoms with Crippen LogP contribution in [-0.2, 0) is 26.1 Å². The molecule has 0 saturated carbocycles. The summed E-state index contributed by atoms with van der Waals surface area (Å²) in [7, 11) is 0. The first kappa shape index (κ1) is 28.9. The number of rotatable bonds is 8. The van der Waals surface area contributed by atoms with Crippen molar-refractivity contribution >= 4 is 35.9 Å². The number of carbonyl (C=O) groups is 2. The van der Waals surface area contributed by atoms with E-state index in [1.165, 1.54) is 0 Å². The van der Waals surface area contributed by atoms with Gasteiger partial charge in [0, 0.05) is 16.5 Å². The van der Waals surface area contributed by atoms with E-state index in [0.29, 0.717) is 0 Å². The molecule has 0 N–H and O–H groups in total. The van der Waals surface area contributed by atoms with E-state index >= 15 is 0 Å². The van der Waals surface area contributed by atoms with Gasteiger partial charge in [-0.05, 0) is 46.6 Å². The van der Waals surface area contributed by atoms with Crippen molar-refractivity contribution in [3.05, 3.63) is 168 Å². The summed E-state index contributed by atoms with van der Waals surface area (Å²) >= 11 is 0. The fourth-order valence-corrected chi connectivity index (χ4v) is 3.08. The molecule has 0 atom stereocenters. The summed E-state index contributed by atoms with van der Waals surface area (Å²) in [6.07, 6.45) is 13.6. The average Bonchev–Trinajstić information content (AvgIpc) is 2.95. The molecule has 0 bridgehead atoms. The van der Waals surface area contributed by atoms with Crippen LogP contribution in [0.4, 0.5) is 0 Å². The van der Waals surface area contributed by atoms with Crippen molar-refractivity contribution in [2.45, 2.75) is 0 Å². The van der Waals surface area contributed by atoms with Gasteiger partial charge in [0.25, 0.3) is 0 Å². The van der Waals surface area contributed by atoms with Gasteiger partial charge in [-0.1, -0.05) is 146 Å². The normalized spacial score (nSPS) is 10.8. The van der Waals surface area contributed by atoms with Crippen LogP contribution in [0.1, 0.15) is 22.3 Å². The quantitative estimate of drug-likeness (QED) is 0.172. The van der Waals surface area contributed by atoms with Crippen molar-refractivity contribution in [3.8, 4) is 0 Å². The SMILES string of the molecule is O=C(C=Cc1ccccc1)C=Cc1ccccc1.O=C(C=Cc1ccccc1)C=Cc1ccccc1.[Ni]. The van der Waals surface area contributed by atoms with Gasteiger partial charge in [-0.3, -0.25) is 9.59 Å². The Morgan fingerprint density at radius 2 is 0.541 bits per heavy atom. The smallest absolute Gasteiger partial charge is 0.178 e. The number of hydrogen-bond acceptors (Lipinski definition) is 2. The second kappa shape index (κ2) is 17.2. The average molecular weight is 527 g/mol. The Bertz CT molecular complexity index is 1110. The van der Waals surface area contributed by atoms with E-state index in [4.69, 9.17) is 0 Å². The third-order valence-corrected chi connectivity index (χ3v) is 4.96. The van der Waals surface area contributed by atoms with Crippen LogP contribution in [-0.4, -0.2) is 11.6 Å². The summed E-state index contributed by atoms with van der Waals surface area (Å²) < 4.78 is 0. The first-order valence-corrected chi connectivity index (χ1v) is 11.7. The topological polar surface area (TPSA) is 34.1 Å². The van der Waals surface area contributed by atoms with Crippen LogP contribution in [0.3, 0.4) is 0 Å². The number of benzene rings is 4. The van der Waals surface area contributed by atoms with Crippen molar-refractivity contribution in [1.82, 2.24) is 0 Å². The molecule has 37 heavy (non-hydrogen) atoms. The van der Waals surface area contributed by atoms with E-state index in [0.717, 1.165) is 22.3 Å². The van der Waals surface area contributed by atoms with Crippen molar-refractivity contribution < 1.29 is 26.1 Å². The summed E-state index contributed by atoms with van der Waals surface area (Å²) in [5.74, 6) is -0.0228. The molecule has 0 aliphatic rings. The van der Waals surface area contributed by atoms with E-state index in [1.54, 1.807) is 24.3 Å². The number of carbonyl (C=O) groups excluding carboxylic acids is 2. The van der Waals surface area contributed by atoms with Crippen molar-refractivity contribution in [2.75, 3.05) is 0 Å². The molecule has 0 amide bonds. The summed E-state index contributed by atoms with van der Waals surface area (Å²) in [5.41, 5.74) is 4.11. The van der Waals surface area contributed by atoms with E-state index < -0.39 is 0 Å². The van der Waals surface area contributed by atoms with Crippen molar-refractivity contribution in [1.29, 1.82) is 0 Å². The molecule has 4 rings (SSSR count). The third kappa shape index (κ3) is 12.3. The second-order valence-corrected chi connectivity index (χ2v) is 7.78. The fourth-order valence-electron chi connectivity index (χ4n) is 3.08. The summed E-state index contributed by atoms with van der Waals surface area (Å²) in [5, 5.41) is 0. The Morgan fingerprint density at radius 3 is 0.730 bits per heavy atom. The Balaban J connectivity index is 0.000000253. The van der Waals surface area contributed by atoms with E-state index in [2.05, 4.69) is 0 Å². The van der Waals surface area contributed by atoms with Gasteiger partial charge in [0.05, 0.1) is 0 Å². The molecule has 0 radical (unpaired) electrons.